The minimum absolute atomic E-state index is 0.0516. The molecule has 4 heterocycles. The van der Waals surface area contributed by atoms with Crippen LogP contribution in [0.4, 0.5) is 11.5 Å². The number of amides is 1. The van der Waals surface area contributed by atoms with Gasteiger partial charge in [0.05, 0.1) is 17.2 Å². The van der Waals surface area contributed by atoms with Crippen LogP contribution in [0.25, 0.3) is 22.5 Å². The van der Waals surface area contributed by atoms with E-state index in [0.717, 1.165) is 13.0 Å². The van der Waals surface area contributed by atoms with Crippen molar-refractivity contribution in [2.45, 2.75) is 32.4 Å². The molecule has 11 nitrogen and oxygen atoms in total. The quantitative estimate of drug-likeness (QED) is 0.331. The number of nitrogens with zero attached hydrogens (tertiary/aromatic N) is 5. The average Bonchev–Trinajstić information content (AvgIpc) is 3.53. The number of fused-ring (bicyclic) bond motifs is 1. The molecule has 1 aromatic carbocycles. The second kappa shape index (κ2) is 10.5. The number of β-amino-alcohol motifs (C(OH)–C–C–N with tert-alkyl or cyclic N) is 1. The van der Waals surface area contributed by atoms with Crippen molar-refractivity contribution in [2.24, 2.45) is 0 Å². The number of aromatic nitrogens is 4. The first-order valence-electron chi connectivity index (χ1n) is 12.3. The molecule has 1 atom stereocenters. The van der Waals surface area contributed by atoms with Crippen LogP contribution in [0.1, 0.15) is 36.9 Å². The summed E-state index contributed by atoms with van der Waals surface area (Å²) < 4.78 is 7.73. The number of anilines is 2. The van der Waals surface area contributed by atoms with Gasteiger partial charge in [0, 0.05) is 38.3 Å². The molecule has 1 aliphatic heterocycles. The first kappa shape index (κ1) is 24.6. The Balaban J connectivity index is 1.35. The van der Waals surface area contributed by atoms with E-state index in [1.807, 2.05) is 30.5 Å². The standard InChI is InChI=1S/C26H29N7O4/c1-16(2)33-15-28-31-25(33)19-6-4-8-23(30-19)29-18-5-3-7-21-24(18)20(35)13-22(37-21)26(36)27-10-12-32-11-9-17(34)14-32/h3-8,13,15-17,34H,9-12,14H2,1-2H3,(H,27,36)(H,29,30)/t17-/m1/s1. The molecule has 1 aliphatic rings. The molecule has 0 unspecified atom stereocenters. The van der Waals surface area contributed by atoms with Crippen LogP contribution in [-0.4, -0.2) is 67.9 Å². The minimum atomic E-state index is -0.458. The van der Waals surface area contributed by atoms with E-state index >= 15 is 0 Å². The molecule has 192 valence electrons. The highest BCUT2D eigenvalue weighted by atomic mass is 16.3. The van der Waals surface area contributed by atoms with Crippen molar-refractivity contribution in [1.82, 2.24) is 30.0 Å². The van der Waals surface area contributed by atoms with Crippen LogP contribution in [0.2, 0.25) is 0 Å². The summed E-state index contributed by atoms with van der Waals surface area (Å²) >= 11 is 0. The average molecular weight is 504 g/mol. The number of likely N-dealkylation sites (tertiary alicyclic amines) is 1. The van der Waals surface area contributed by atoms with Crippen LogP contribution in [0.5, 0.6) is 0 Å². The summed E-state index contributed by atoms with van der Waals surface area (Å²) in [5, 5.41) is 24.1. The Morgan fingerprint density at radius 3 is 2.86 bits per heavy atom. The zero-order valence-electron chi connectivity index (χ0n) is 20.7. The number of hydrogen-bond acceptors (Lipinski definition) is 9. The summed E-state index contributed by atoms with van der Waals surface area (Å²) in [6.45, 7) is 6.49. The van der Waals surface area contributed by atoms with Crippen molar-refractivity contribution >= 4 is 28.4 Å². The zero-order valence-corrected chi connectivity index (χ0v) is 20.7. The molecule has 3 aromatic heterocycles. The van der Waals surface area contributed by atoms with Gasteiger partial charge in [-0.25, -0.2) is 4.98 Å². The van der Waals surface area contributed by atoms with Gasteiger partial charge in [0.2, 0.25) is 0 Å². The van der Waals surface area contributed by atoms with Crippen LogP contribution in [0.15, 0.2) is 58.0 Å². The van der Waals surface area contributed by atoms with Crippen molar-refractivity contribution < 1.29 is 14.3 Å². The minimum Gasteiger partial charge on any atom is -0.451 e. The molecular formula is C26H29N7O4. The highest BCUT2D eigenvalue weighted by Crippen LogP contribution is 2.26. The fourth-order valence-corrected chi connectivity index (χ4v) is 4.43. The molecule has 37 heavy (non-hydrogen) atoms. The number of carbonyl (C=O) groups is 1. The molecule has 0 bridgehead atoms. The van der Waals surface area contributed by atoms with Crippen LogP contribution in [0.3, 0.4) is 0 Å². The smallest absolute Gasteiger partial charge is 0.287 e. The number of carbonyl (C=O) groups excluding carboxylic acids is 1. The fourth-order valence-electron chi connectivity index (χ4n) is 4.43. The van der Waals surface area contributed by atoms with Gasteiger partial charge < -0.3 is 24.7 Å². The second-order valence-corrected chi connectivity index (χ2v) is 9.34. The molecular weight excluding hydrogens is 474 g/mol. The molecule has 0 aliphatic carbocycles. The summed E-state index contributed by atoms with van der Waals surface area (Å²) in [5.41, 5.74) is 1.11. The number of aliphatic hydroxyl groups is 1. The number of aliphatic hydroxyl groups excluding tert-OH is 1. The van der Waals surface area contributed by atoms with Gasteiger partial charge in [-0.05, 0) is 44.5 Å². The summed E-state index contributed by atoms with van der Waals surface area (Å²) in [7, 11) is 0. The number of pyridine rings is 1. The first-order chi connectivity index (χ1) is 17.9. The van der Waals surface area contributed by atoms with Gasteiger partial charge in [-0.1, -0.05) is 12.1 Å². The zero-order chi connectivity index (χ0) is 25.9. The third-order valence-electron chi connectivity index (χ3n) is 6.31. The van der Waals surface area contributed by atoms with Gasteiger partial charge in [-0.3, -0.25) is 14.5 Å². The molecule has 3 N–H and O–H groups in total. The van der Waals surface area contributed by atoms with Gasteiger partial charge >= 0.3 is 0 Å². The van der Waals surface area contributed by atoms with E-state index < -0.39 is 5.91 Å². The molecule has 11 heteroatoms. The van der Waals surface area contributed by atoms with E-state index in [4.69, 9.17) is 4.42 Å². The van der Waals surface area contributed by atoms with E-state index in [2.05, 4.69) is 30.7 Å². The normalized spacial score (nSPS) is 15.9. The molecule has 4 aromatic rings. The maximum absolute atomic E-state index is 13.0. The fraction of sp³-hybridized carbons (Fsp3) is 0.346. The summed E-state index contributed by atoms with van der Waals surface area (Å²) in [5.74, 6) is 0.661. The molecule has 5 rings (SSSR count). The largest absolute Gasteiger partial charge is 0.451 e. The second-order valence-electron chi connectivity index (χ2n) is 9.34. The topological polar surface area (TPSA) is 138 Å². The lowest BCUT2D eigenvalue weighted by molar-refractivity contribution is 0.0922. The lowest BCUT2D eigenvalue weighted by Gasteiger charge is -2.15. The Hall–Kier alpha value is -4.09. The van der Waals surface area contributed by atoms with Crippen LogP contribution in [0, 0.1) is 0 Å². The highest BCUT2D eigenvalue weighted by molar-refractivity contribution is 5.96. The lowest BCUT2D eigenvalue weighted by atomic mass is 10.1. The molecule has 1 amide bonds. The molecule has 0 saturated carbocycles. The number of hydrogen-bond donors (Lipinski definition) is 3. The first-order valence-corrected chi connectivity index (χ1v) is 12.3. The van der Waals surface area contributed by atoms with Crippen LogP contribution < -0.4 is 16.1 Å². The summed E-state index contributed by atoms with van der Waals surface area (Å²) in [4.78, 5) is 32.4. The van der Waals surface area contributed by atoms with Crippen molar-refractivity contribution in [3.63, 3.8) is 0 Å². The van der Waals surface area contributed by atoms with E-state index in [9.17, 15) is 14.7 Å². The Morgan fingerprint density at radius 1 is 1.24 bits per heavy atom. The summed E-state index contributed by atoms with van der Waals surface area (Å²) in [6.07, 6.45) is 2.10. The third kappa shape index (κ3) is 5.37. The predicted molar refractivity (Wildman–Crippen MR) is 139 cm³/mol. The van der Waals surface area contributed by atoms with E-state index in [0.29, 0.717) is 53.6 Å². The van der Waals surface area contributed by atoms with Crippen molar-refractivity contribution in [3.05, 3.63) is 64.8 Å². The monoisotopic (exact) mass is 503 g/mol. The number of rotatable bonds is 8. The Labute approximate surface area is 213 Å². The number of nitrogens with one attached hydrogen (secondary N) is 2. The molecule has 0 spiro atoms. The van der Waals surface area contributed by atoms with Crippen molar-refractivity contribution in [2.75, 3.05) is 31.5 Å². The maximum Gasteiger partial charge on any atom is 0.287 e. The SMILES string of the molecule is CC(C)n1cnnc1-c1cccc(Nc2cccc3oc(C(=O)NCCN4CC[C@@H](O)C4)cc(=O)c23)n1. The molecule has 1 fully saturated rings. The third-order valence-corrected chi connectivity index (χ3v) is 6.31. The van der Waals surface area contributed by atoms with E-state index in [-0.39, 0.29) is 23.3 Å². The predicted octanol–water partition coefficient (Wildman–Crippen LogP) is 2.57. The van der Waals surface area contributed by atoms with Gasteiger partial charge in [0.25, 0.3) is 5.91 Å². The highest BCUT2D eigenvalue weighted by Gasteiger charge is 2.20. The molecule has 1 saturated heterocycles. The van der Waals surface area contributed by atoms with Crippen LogP contribution in [-0.2, 0) is 0 Å². The van der Waals surface area contributed by atoms with Gasteiger partial charge in [-0.2, -0.15) is 0 Å². The van der Waals surface area contributed by atoms with E-state index in [1.54, 1.807) is 30.6 Å². The van der Waals surface area contributed by atoms with Gasteiger partial charge in [0.1, 0.15) is 23.4 Å². The number of benzene rings is 1. The van der Waals surface area contributed by atoms with Crippen molar-refractivity contribution in [1.29, 1.82) is 0 Å². The van der Waals surface area contributed by atoms with Crippen molar-refractivity contribution in [3.8, 4) is 11.5 Å². The lowest BCUT2D eigenvalue weighted by Crippen LogP contribution is -2.34. The van der Waals surface area contributed by atoms with Crippen LogP contribution >= 0.6 is 0 Å². The Morgan fingerprint density at radius 2 is 2.08 bits per heavy atom. The summed E-state index contributed by atoms with van der Waals surface area (Å²) in [6, 6.07) is 12.0. The Kier molecular flexibility index (Phi) is 6.97. The van der Waals surface area contributed by atoms with Gasteiger partial charge in [0.15, 0.2) is 17.0 Å². The molecule has 0 radical (unpaired) electrons. The van der Waals surface area contributed by atoms with Gasteiger partial charge in [-0.15, -0.1) is 10.2 Å². The maximum atomic E-state index is 13.0. The Bertz CT molecular complexity index is 1480. The van der Waals surface area contributed by atoms with E-state index in [1.165, 1.54) is 6.07 Å².